The number of fused-ring (bicyclic) bond motifs is 2. The average molecular weight is 477 g/mol. The Morgan fingerprint density at radius 2 is 1.44 bits per heavy atom. The van der Waals surface area contributed by atoms with Crippen LogP contribution in [0.3, 0.4) is 0 Å². The van der Waals surface area contributed by atoms with Crippen molar-refractivity contribution >= 4 is 30.1 Å². The second-order valence-electron chi connectivity index (χ2n) is 10.6. The molecule has 34 heavy (non-hydrogen) atoms. The highest BCUT2D eigenvalue weighted by Gasteiger charge is 2.41. The Kier molecular flexibility index (Phi) is 6.08. The zero-order chi connectivity index (χ0) is 24.8. The Labute approximate surface area is 200 Å². The second kappa shape index (κ2) is 8.59. The van der Waals surface area contributed by atoms with E-state index in [1.165, 1.54) is 15.7 Å². The van der Waals surface area contributed by atoms with Crippen LogP contribution in [0, 0.1) is 5.92 Å². The molecule has 0 aliphatic rings. The van der Waals surface area contributed by atoms with Crippen molar-refractivity contribution in [1.82, 2.24) is 19.3 Å². The van der Waals surface area contributed by atoms with E-state index in [4.69, 9.17) is 9.41 Å². The topological polar surface area (TPSA) is 79.0 Å². The fourth-order valence-electron chi connectivity index (χ4n) is 3.72. The first-order chi connectivity index (χ1) is 15.9. The zero-order valence-electron chi connectivity index (χ0n) is 20.9. The van der Waals surface area contributed by atoms with Crippen LogP contribution in [0.5, 0.6) is 0 Å². The molecule has 7 nitrogen and oxygen atoms in total. The van der Waals surface area contributed by atoms with Crippen molar-refractivity contribution in [1.29, 1.82) is 0 Å². The Bertz CT molecular complexity index is 1480. The van der Waals surface area contributed by atoms with Crippen LogP contribution in [-0.4, -0.2) is 27.6 Å². The van der Waals surface area contributed by atoms with Crippen molar-refractivity contribution in [2.75, 3.05) is 0 Å². The molecule has 0 aliphatic carbocycles. The highest BCUT2D eigenvalue weighted by Crippen LogP contribution is 2.41. The van der Waals surface area contributed by atoms with Gasteiger partial charge < -0.3 is 4.43 Å². The van der Waals surface area contributed by atoms with Gasteiger partial charge in [0, 0.05) is 0 Å². The summed E-state index contributed by atoms with van der Waals surface area (Å²) in [5.74, 6) is 0.417. The molecule has 0 amide bonds. The third kappa shape index (κ3) is 4.12. The van der Waals surface area contributed by atoms with Crippen LogP contribution in [-0.2, 0) is 4.43 Å². The molecule has 1 atom stereocenters. The quantitative estimate of drug-likeness (QED) is 0.373. The molecule has 2 aromatic heterocycles. The van der Waals surface area contributed by atoms with Crippen molar-refractivity contribution in [2.24, 2.45) is 5.92 Å². The molecule has 0 N–H and O–H groups in total. The number of para-hydroxylation sites is 2. The molecule has 178 valence electrons. The van der Waals surface area contributed by atoms with Crippen molar-refractivity contribution in [2.45, 2.75) is 58.9 Å². The summed E-state index contributed by atoms with van der Waals surface area (Å²) in [4.78, 5) is 36.7. The van der Waals surface area contributed by atoms with Gasteiger partial charge in [-0.15, -0.1) is 0 Å². The fourth-order valence-corrected chi connectivity index (χ4v) is 5.08. The number of nitrogens with zero attached hydrogens (tertiary/aromatic N) is 4. The standard InChI is InChI=1S/C26H32N4O3Si/c1-17(2)22(33-34(6,7)26(3,4)5)23-28-21-15-11-9-13-19(21)25(32)30(23)29-16-27-20-14-10-8-12-18(20)24(29)31/h8-17,22H,1-7H3/t22-/m0/s1. The molecule has 2 aromatic carbocycles. The van der Waals surface area contributed by atoms with E-state index >= 15 is 0 Å². The van der Waals surface area contributed by atoms with Gasteiger partial charge >= 0.3 is 0 Å². The number of hydrogen-bond acceptors (Lipinski definition) is 5. The van der Waals surface area contributed by atoms with Gasteiger partial charge in [-0.25, -0.2) is 9.97 Å². The van der Waals surface area contributed by atoms with E-state index in [0.29, 0.717) is 27.6 Å². The normalized spacial score (nSPS) is 13.6. The lowest BCUT2D eigenvalue weighted by atomic mass is 10.1. The minimum atomic E-state index is -2.24. The van der Waals surface area contributed by atoms with Crippen molar-refractivity contribution in [3.8, 4) is 0 Å². The lowest BCUT2D eigenvalue weighted by molar-refractivity contribution is 0.119. The molecule has 0 saturated carbocycles. The molecule has 2 heterocycles. The molecule has 0 bridgehead atoms. The smallest absolute Gasteiger partial charge is 0.281 e. The van der Waals surface area contributed by atoms with Gasteiger partial charge in [-0.05, 0) is 48.3 Å². The highest BCUT2D eigenvalue weighted by molar-refractivity contribution is 6.74. The van der Waals surface area contributed by atoms with E-state index in [1.54, 1.807) is 30.3 Å². The van der Waals surface area contributed by atoms with Crippen molar-refractivity contribution in [3.63, 3.8) is 0 Å². The van der Waals surface area contributed by atoms with Gasteiger partial charge in [0.1, 0.15) is 12.4 Å². The van der Waals surface area contributed by atoms with Gasteiger partial charge in [0.25, 0.3) is 11.1 Å². The predicted molar refractivity (Wildman–Crippen MR) is 139 cm³/mol. The van der Waals surface area contributed by atoms with Crippen LogP contribution >= 0.6 is 0 Å². The monoisotopic (exact) mass is 476 g/mol. The molecule has 4 aromatic rings. The van der Waals surface area contributed by atoms with Crippen molar-refractivity contribution in [3.05, 3.63) is 81.4 Å². The molecular formula is C26H32N4O3Si. The highest BCUT2D eigenvalue weighted by atomic mass is 28.4. The molecule has 0 unspecified atom stereocenters. The Balaban J connectivity index is 2.06. The van der Waals surface area contributed by atoms with E-state index in [0.717, 1.165) is 0 Å². The lowest BCUT2D eigenvalue weighted by Crippen LogP contribution is -2.45. The summed E-state index contributed by atoms with van der Waals surface area (Å²) in [7, 11) is -2.24. The van der Waals surface area contributed by atoms with Gasteiger partial charge in [-0.3, -0.25) is 9.59 Å². The summed E-state index contributed by atoms with van der Waals surface area (Å²) < 4.78 is 9.44. The number of benzene rings is 2. The summed E-state index contributed by atoms with van der Waals surface area (Å²) in [5, 5.41) is 0.826. The van der Waals surface area contributed by atoms with Crippen LogP contribution in [0.25, 0.3) is 21.8 Å². The zero-order valence-corrected chi connectivity index (χ0v) is 21.9. The van der Waals surface area contributed by atoms with Gasteiger partial charge in [0.05, 0.1) is 21.8 Å². The van der Waals surface area contributed by atoms with Crippen LogP contribution in [0.4, 0.5) is 0 Å². The van der Waals surface area contributed by atoms with E-state index in [2.05, 4.69) is 38.8 Å². The molecule has 0 spiro atoms. The third-order valence-electron chi connectivity index (χ3n) is 6.73. The molecule has 0 fully saturated rings. The third-order valence-corrected chi connectivity index (χ3v) is 11.2. The Hall–Kier alpha value is -3.10. The molecular weight excluding hydrogens is 444 g/mol. The predicted octanol–water partition coefficient (Wildman–Crippen LogP) is 5.14. The van der Waals surface area contributed by atoms with E-state index < -0.39 is 14.4 Å². The molecule has 8 heteroatoms. The minimum Gasteiger partial charge on any atom is -0.406 e. The molecule has 0 saturated heterocycles. The molecule has 4 rings (SSSR count). The van der Waals surface area contributed by atoms with Gasteiger partial charge in [-0.2, -0.15) is 9.35 Å². The minimum absolute atomic E-state index is 0.0116. The number of hydrogen-bond donors (Lipinski definition) is 0. The Morgan fingerprint density at radius 3 is 2.03 bits per heavy atom. The maximum absolute atomic E-state index is 13.8. The van der Waals surface area contributed by atoms with Crippen molar-refractivity contribution < 1.29 is 4.43 Å². The van der Waals surface area contributed by atoms with E-state index in [1.807, 2.05) is 32.0 Å². The second-order valence-corrected chi connectivity index (χ2v) is 15.3. The Morgan fingerprint density at radius 1 is 0.882 bits per heavy atom. The van der Waals surface area contributed by atoms with Crippen LogP contribution in [0.1, 0.15) is 46.5 Å². The summed E-state index contributed by atoms with van der Waals surface area (Å²) in [6.45, 7) is 15.0. The van der Waals surface area contributed by atoms with Crippen LogP contribution in [0.2, 0.25) is 18.1 Å². The molecule has 0 radical (unpaired) electrons. The maximum Gasteiger partial charge on any atom is 0.281 e. The first kappa shape index (κ1) is 24.0. The number of rotatable bonds is 5. The average Bonchev–Trinajstić information content (AvgIpc) is 2.77. The van der Waals surface area contributed by atoms with Crippen LogP contribution in [0.15, 0.2) is 64.4 Å². The summed E-state index contributed by atoms with van der Waals surface area (Å²) >= 11 is 0. The number of aromatic nitrogens is 4. The maximum atomic E-state index is 13.8. The van der Waals surface area contributed by atoms with Gasteiger partial charge in [0.2, 0.25) is 0 Å². The van der Waals surface area contributed by atoms with Gasteiger partial charge in [0.15, 0.2) is 14.1 Å². The van der Waals surface area contributed by atoms with E-state index in [9.17, 15) is 9.59 Å². The lowest BCUT2D eigenvalue weighted by Gasteiger charge is -2.40. The summed E-state index contributed by atoms with van der Waals surface area (Å²) in [6, 6.07) is 14.3. The van der Waals surface area contributed by atoms with E-state index in [-0.39, 0.29) is 22.1 Å². The summed E-state index contributed by atoms with van der Waals surface area (Å²) in [6.07, 6.45) is 0.909. The SMILES string of the molecule is CC(C)[C@H](O[Si](C)(C)C(C)(C)C)c1nc2ccccc2c(=O)n1-n1cnc2ccccc2c1=O. The van der Waals surface area contributed by atoms with Crippen LogP contribution < -0.4 is 11.1 Å². The largest absolute Gasteiger partial charge is 0.406 e. The van der Waals surface area contributed by atoms with Gasteiger partial charge in [-0.1, -0.05) is 58.9 Å². The summed E-state index contributed by atoms with van der Waals surface area (Å²) in [5.41, 5.74) is 0.486. The fraction of sp³-hybridized carbons (Fsp3) is 0.385. The molecule has 0 aliphatic heterocycles. The first-order valence-electron chi connectivity index (χ1n) is 11.6. The first-order valence-corrected chi connectivity index (χ1v) is 14.5.